The van der Waals surface area contributed by atoms with Crippen molar-refractivity contribution in [1.29, 1.82) is 0 Å². The molecular formula is C18H14N2O4. The highest BCUT2D eigenvalue weighted by molar-refractivity contribution is 6.29. The largest absolute Gasteiger partial charge is 0.274 e. The van der Waals surface area contributed by atoms with E-state index in [-0.39, 0.29) is 23.9 Å². The second-order valence-corrected chi connectivity index (χ2v) is 5.56. The van der Waals surface area contributed by atoms with Crippen molar-refractivity contribution in [2.24, 2.45) is 0 Å². The third-order valence-electron chi connectivity index (χ3n) is 3.81. The Morgan fingerprint density at radius 2 is 1.67 bits per heavy atom. The lowest BCUT2D eigenvalue weighted by Gasteiger charge is -2.13. The Kier molecular flexibility index (Phi) is 3.95. The predicted octanol–water partition coefficient (Wildman–Crippen LogP) is 3.25. The van der Waals surface area contributed by atoms with Crippen molar-refractivity contribution < 1.29 is 14.5 Å². The number of anilines is 1. The monoisotopic (exact) mass is 322 g/mol. The summed E-state index contributed by atoms with van der Waals surface area (Å²) in [5.74, 6) is -0.640. The standard InChI is InChI=1S/C18H14N2O4/c1-12-2-6-15(7-3-12)19-17(21)11-14(18(19)22)10-13-4-8-16(9-5-13)20(23)24/h2-10H,11H2,1H3/b14-10+. The Labute approximate surface area is 138 Å². The van der Waals surface area contributed by atoms with Crippen LogP contribution in [0.3, 0.4) is 0 Å². The molecular weight excluding hydrogens is 308 g/mol. The topological polar surface area (TPSA) is 80.5 Å². The highest BCUT2D eigenvalue weighted by Gasteiger charge is 2.34. The summed E-state index contributed by atoms with van der Waals surface area (Å²) in [6, 6.07) is 13.0. The van der Waals surface area contributed by atoms with Gasteiger partial charge >= 0.3 is 0 Å². The molecule has 0 bridgehead atoms. The van der Waals surface area contributed by atoms with Crippen molar-refractivity contribution >= 4 is 29.3 Å². The summed E-state index contributed by atoms with van der Waals surface area (Å²) in [5, 5.41) is 10.7. The van der Waals surface area contributed by atoms with Crippen LogP contribution in [0.15, 0.2) is 54.1 Å². The summed E-state index contributed by atoms with van der Waals surface area (Å²) in [7, 11) is 0. The second-order valence-electron chi connectivity index (χ2n) is 5.56. The molecule has 6 heteroatoms. The molecule has 0 N–H and O–H groups in total. The number of nitro benzene ring substituents is 1. The van der Waals surface area contributed by atoms with Gasteiger partial charge < -0.3 is 0 Å². The smallest absolute Gasteiger partial charge is 0.269 e. The molecule has 3 rings (SSSR count). The molecule has 0 saturated carbocycles. The van der Waals surface area contributed by atoms with E-state index in [0.29, 0.717) is 16.8 Å². The molecule has 24 heavy (non-hydrogen) atoms. The van der Waals surface area contributed by atoms with E-state index in [0.717, 1.165) is 10.5 Å². The Balaban J connectivity index is 1.87. The number of carbonyl (C=O) groups is 2. The quantitative estimate of drug-likeness (QED) is 0.376. The number of nitro groups is 1. The molecule has 1 aliphatic heterocycles. The highest BCUT2D eigenvalue weighted by atomic mass is 16.6. The van der Waals surface area contributed by atoms with Crippen molar-refractivity contribution in [3.05, 3.63) is 75.3 Å². The molecule has 1 aliphatic rings. The molecule has 0 aromatic heterocycles. The average molecular weight is 322 g/mol. The third-order valence-corrected chi connectivity index (χ3v) is 3.81. The van der Waals surface area contributed by atoms with Gasteiger partial charge in [-0.25, -0.2) is 4.90 Å². The van der Waals surface area contributed by atoms with Crippen LogP contribution < -0.4 is 4.90 Å². The summed E-state index contributed by atoms with van der Waals surface area (Å²) in [5.41, 5.74) is 2.58. The number of amides is 2. The molecule has 120 valence electrons. The van der Waals surface area contributed by atoms with Crippen molar-refractivity contribution in [3.8, 4) is 0 Å². The Hall–Kier alpha value is -3.28. The predicted molar refractivity (Wildman–Crippen MR) is 89.4 cm³/mol. The third kappa shape index (κ3) is 2.94. The lowest BCUT2D eigenvalue weighted by molar-refractivity contribution is -0.384. The maximum atomic E-state index is 12.5. The zero-order valence-electron chi connectivity index (χ0n) is 12.9. The minimum atomic E-state index is -0.486. The number of non-ortho nitro benzene ring substituents is 1. The second kappa shape index (κ2) is 6.08. The van der Waals surface area contributed by atoms with E-state index < -0.39 is 4.92 Å². The van der Waals surface area contributed by atoms with Crippen molar-refractivity contribution in [3.63, 3.8) is 0 Å². The van der Waals surface area contributed by atoms with Crippen LogP contribution in [0, 0.1) is 17.0 Å². The first kappa shape index (κ1) is 15.6. The fourth-order valence-corrected chi connectivity index (χ4v) is 2.54. The van der Waals surface area contributed by atoms with Gasteiger partial charge in [0.2, 0.25) is 5.91 Å². The van der Waals surface area contributed by atoms with Crippen molar-refractivity contribution in [2.45, 2.75) is 13.3 Å². The van der Waals surface area contributed by atoms with E-state index in [1.165, 1.54) is 12.1 Å². The van der Waals surface area contributed by atoms with E-state index in [9.17, 15) is 19.7 Å². The highest BCUT2D eigenvalue weighted by Crippen LogP contribution is 2.28. The number of nitrogens with zero attached hydrogens (tertiary/aromatic N) is 2. The van der Waals surface area contributed by atoms with Gasteiger partial charge in [0.1, 0.15) is 0 Å². The number of imide groups is 1. The van der Waals surface area contributed by atoms with Crippen LogP contribution in [0.4, 0.5) is 11.4 Å². The van der Waals surface area contributed by atoms with Gasteiger partial charge in [0.05, 0.1) is 17.0 Å². The normalized spacial score (nSPS) is 16.0. The van der Waals surface area contributed by atoms with Gasteiger partial charge in [0.25, 0.3) is 11.6 Å². The van der Waals surface area contributed by atoms with E-state index in [1.807, 2.05) is 19.1 Å². The van der Waals surface area contributed by atoms with Crippen LogP contribution in [-0.4, -0.2) is 16.7 Å². The van der Waals surface area contributed by atoms with Gasteiger partial charge in [0, 0.05) is 17.7 Å². The molecule has 0 aliphatic carbocycles. The number of aryl methyl sites for hydroxylation is 1. The Morgan fingerprint density at radius 3 is 2.25 bits per heavy atom. The number of rotatable bonds is 3. The average Bonchev–Trinajstić information content (AvgIpc) is 2.83. The minimum Gasteiger partial charge on any atom is -0.274 e. The molecule has 1 fully saturated rings. The van der Waals surface area contributed by atoms with E-state index in [1.54, 1.807) is 30.3 Å². The van der Waals surface area contributed by atoms with Crippen LogP contribution in [0.25, 0.3) is 6.08 Å². The molecule has 1 saturated heterocycles. The van der Waals surface area contributed by atoms with Crippen LogP contribution >= 0.6 is 0 Å². The number of benzene rings is 2. The zero-order chi connectivity index (χ0) is 17.3. The van der Waals surface area contributed by atoms with Gasteiger partial charge in [0.15, 0.2) is 0 Å². The lowest BCUT2D eigenvalue weighted by atomic mass is 10.1. The zero-order valence-corrected chi connectivity index (χ0v) is 12.9. The first-order valence-corrected chi connectivity index (χ1v) is 7.35. The van der Waals surface area contributed by atoms with Gasteiger partial charge in [-0.1, -0.05) is 17.7 Å². The SMILES string of the molecule is Cc1ccc(N2C(=O)C/C(=C\c3ccc([N+](=O)[O-])cc3)C2=O)cc1. The van der Waals surface area contributed by atoms with Crippen molar-refractivity contribution in [2.75, 3.05) is 4.90 Å². The van der Waals surface area contributed by atoms with E-state index in [4.69, 9.17) is 0 Å². The molecule has 0 atom stereocenters. The summed E-state index contributed by atoms with van der Waals surface area (Å²) in [4.78, 5) is 36.0. The molecule has 2 amide bonds. The minimum absolute atomic E-state index is 0.0176. The number of carbonyl (C=O) groups excluding carboxylic acids is 2. The van der Waals surface area contributed by atoms with Crippen LogP contribution in [0.2, 0.25) is 0 Å². The van der Waals surface area contributed by atoms with Gasteiger partial charge in [-0.15, -0.1) is 0 Å². The number of hydrogen-bond donors (Lipinski definition) is 0. The first-order valence-electron chi connectivity index (χ1n) is 7.35. The molecule has 1 heterocycles. The molecule has 2 aromatic carbocycles. The summed E-state index contributed by atoms with van der Waals surface area (Å²) < 4.78 is 0. The summed E-state index contributed by atoms with van der Waals surface area (Å²) in [6.07, 6.45) is 1.61. The Morgan fingerprint density at radius 1 is 1.04 bits per heavy atom. The maximum Gasteiger partial charge on any atom is 0.269 e. The van der Waals surface area contributed by atoms with Gasteiger partial charge in [-0.05, 0) is 42.8 Å². The summed E-state index contributed by atoms with van der Waals surface area (Å²) in [6.45, 7) is 1.93. The van der Waals surface area contributed by atoms with Gasteiger partial charge in [-0.2, -0.15) is 0 Å². The molecule has 0 unspecified atom stereocenters. The van der Waals surface area contributed by atoms with Crippen LogP contribution in [0.1, 0.15) is 17.5 Å². The lowest BCUT2D eigenvalue weighted by Crippen LogP contribution is -2.28. The van der Waals surface area contributed by atoms with E-state index >= 15 is 0 Å². The number of hydrogen-bond acceptors (Lipinski definition) is 4. The van der Waals surface area contributed by atoms with Crippen LogP contribution in [-0.2, 0) is 9.59 Å². The fraction of sp³-hybridized carbons (Fsp3) is 0.111. The molecule has 6 nitrogen and oxygen atoms in total. The van der Waals surface area contributed by atoms with Gasteiger partial charge in [-0.3, -0.25) is 19.7 Å². The Bertz CT molecular complexity index is 852. The maximum absolute atomic E-state index is 12.5. The molecule has 2 aromatic rings. The van der Waals surface area contributed by atoms with Crippen LogP contribution in [0.5, 0.6) is 0 Å². The fourth-order valence-electron chi connectivity index (χ4n) is 2.54. The van der Waals surface area contributed by atoms with Crippen molar-refractivity contribution in [1.82, 2.24) is 0 Å². The summed E-state index contributed by atoms with van der Waals surface area (Å²) >= 11 is 0. The molecule has 0 radical (unpaired) electrons. The molecule has 0 spiro atoms. The van der Waals surface area contributed by atoms with E-state index in [2.05, 4.69) is 0 Å². The first-order chi connectivity index (χ1) is 11.5.